The Morgan fingerprint density at radius 2 is 2.18 bits per heavy atom. The molecule has 0 spiro atoms. The molecule has 0 saturated heterocycles. The van der Waals surface area contributed by atoms with Crippen LogP contribution < -0.4 is 5.69 Å². The average Bonchev–Trinajstić information content (AvgIpc) is 2.66. The van der Waals surface area contributed by atoms with E-state index >= 15 is 0 Å². The molecule has 0 aliphatic carbocycles. The Morgan fingerprint density at radius 1 is 1.36 bits per heavy atom. The number of benzene rings is 1. The fourth-order valence-corrected chi connectivity index (χ4v) is 3.05. The quantitative estimate of drug-likeness (QED) is 0.827. The molecule has 118 valence electrons. The largest absolute Gasteiger partial charge is 0.350 e. The van der Waals surface area contributed by atoms with Crippen LogP contribution in [0.5, 0.6) is 0 Å². The monoisotopic (exact) mass is 373 g/mol. The van der Waals surface area contributed by atoms with Crippen molar-refractivity contribution < 1.29 is 13.5 Å². The van der Waals surface area contributed by atoms with E-state index in [9.17, 15) is 13.6 Å². The summed E-state index contributed by atoms with van der Waals surface area (Å²) < 4.78 is 31.9. The summed E-state index contributed by atoms with van der Waals surface area (Å²) in [6.07, 6.45) is 2.42. The Labute approximate surface area is 133 Å². The molecule has 1 aromatic carbocycles. The molecule has 0 atom stereocenters. The van der Waals surface area contributed by atoms with Crippen LogP contribution >= 0.6 is 15.9 Å². The number of alkyl halides is 2. The SMILES string of the molecule is O=c1n(CCOC(F)F)nc2n1-c1ccc(Br)cc1CCC2. The predicted octanol–water partition coefficient (Wildman–Crippen LogP) is 2.52. The third-order valence-electron chi connectivity index (χ3n) is 3.58. The lowest BCUT2D eigenvalue weighted by molar-refractivity contribution is -0.131. The summed E-state index contributed by atoms with van der Waals surface area (Å²) in [7, 11) is 0. The molecule has 2 aromatic rings. The number of hydrogen-bond donors (Lipinski definition) is 0. The second kappa shape index (κ2) is 6.29. The lowest BCUT2D eigenvalue weighted by Gasteiger charge is -2.07. The van der Waals surface area contributed by atoms with Gasteiger partial charge in [-0.2, -0.15) is 13.9 Å². The fraction of sp³-hybridized carbons (Fsp3) is 0.429. The number of nitrogens with zero attached hydrogens (tertiary/aromatic N) is 3. The van der Waals surface area contributed by atoms with E-state index in [2.05, 4.69) is 25.8 Å². The summed E-state index contributed by atoms with van der Waals surface area (Å²) in [4.78, 5) is 12.5. The Hall–Kier alpha value is -1.54. The van der Waals surface area contributed by atoms with Crippen LogP contribution in [-0.4, -0.2) is 27.6 Å². The van der Waals surface area contributed by atoms with Crippen molar-refractivity contribution >= 4 is 15.9 Å². The van der Waals surface area contributed by atoms with E-state index in [-0.39, 0.29) is 18.8 Å². The number of fused-ring (bicyclic) bond motifs is 3. The molecule has 0 radical (unpaired) electrons. The Morgan fingerprint density at radius 3 is 2.95 bits per heavy atom. The van der Waals surface area contributed by atoms with E-state index in [0.717, 1.165) is 28.6 Å². The highest BCUT2D eigenvalue weighted by Crippen LogP contribution is 2.24. The van der Waals surface area contributed by atoms with Gasteiger partial charge in [-0.25, -0.2) is 14.0 Å². The number of rotatable bonds is 4. The van der Waals surface area contributed by atoms with Gasteiger partial charge in [-0.05, 0) is 36.6 Å². The molecule has 1 aliphatic heterocycles. The zero-order valence-electron chi connectivity index (χ0n) is 11.6. The minimum Gasteiger partial charge on any atom is -0.321 e. The van der Waals surface area contributed by atoms with Crippen LogP contribution in [-0.2, 0) is 24.1 Å². The molecule has 0 bridgehead atoms. The van der Waals surface area contributed by atoms with Crippen molar-refractivity contribution in [1.29, 1.82) is 0 Å². The third-order valence-corrected chi connectivity index (χ3v) is 4.08. The van der Waals surface area contributed by atoms with Gasteiger partial charge in [0.25, 0.3) is 0 Å². The van der Waals surface area contributed by atoms with Gasteiger partial charge in [0.1, 0.15) is 5.82 Å². The first-order valence-corrected chi connectivity index (χ1v) is 7.73. The summed E-state index contributed by atoms with van der Waals surface area (Å²) >= 11 is 3.43. The van der Waals surface area contributed by atoms with Gasteiger partial charge in [0, 0.05) is 10.9 Å². The highest BCUT2D eigenvalue weighted by molar-refractivity contribution is 9.10. The molecule has 3 rings (SSSR count). The van der Waals surface area contributed by atoms with Crippen molar-refractivity contribution in [3.8, 4) is 5.69 Å². The van der Waals surface area contributed by atoms with Crippen molar-refractivity contribution in [1.82, 2.24) is 14.3 Å². The molecule has 0 saturated carbocycles. The average molecular weight is 374 g/mol. The van der Waals surface area contributed by atoms with Gasteiger partial charge < -0.3 is 4.74 Å². The molecule has 0 amide bonds. The Balaban J connectivity index is 1.97. The first-order valence-electron chi connectivity index (χ1n) is 6.93. The number of hydrogen-bond acceptors (Lipinski definition) is 3. The Kier molecular flexibility index (Phi) is 4.39. The molecule has 1 aromatic heterocycles. The second-order valence-corrected chi connectivity index (χ2v) is 5.93. The van der Waals surface area contributed by atoms with E-state index < -0.39 is 6.61 Å². The van der Waals surface area contributed by atoms with Gasteiger partial charge in [0.05, 0.1) is 18.8 Å². The van der Waals surface area contributed by atoms with Crippen LogP contribution in [0.25, 0.3) is 5.69 Å². The summed E-state index contributed by atoms with van der Waals surface area (Å²) in [5.41, 5.74) is 1.55. The summed E-state index contributed by atoms with van der Waals surface area (Å²) in [5.74, 6) is 0.656. The minimum atomic E-state index is -2.84. The number of halogens is 3. The molecule has 5 nitrogen and oxygen atoms in total. The van der Waals surface area contributed by atoms with Gasteiger partial charge in [-0.3, -0.25) is 0 Å². The molecule has 22 heavy (non-hydrogen) atoms. The van der Waals surface area contributed by atoms with Crippen molar-refractivity contribution in [3.63, 3.8) is 0 Å². The van der Waals surface area contributed by atoms with Crippen molar-refractivity contribution in [2.45, 2.75) is 32.4 Å². The third kappa shape index (κ3) is 2.98. The van der Waals surface area contributed by atoms with E-state index in [1.165, 1.54) is 4.68 Å². The Bertz CT molecular complexity index is 742. The normalized spacial score (nSPS) is 13.8. The highest BCUT2D eigenvalue weighted by atomic mass is 79.9. The molecule has 2 heterocycles. The number of ether oxygens (including phenoxy) is 1. The van der Waals surface area contributed by atoms with E-state index in [1.54, 1.807) is 4.57 Å². The van der Waals surface area contributed by atoms with Gasteiger partial charge in [-0.15, -0.1) is 0 Å². The fourth-order valence-electron chi connectivity index (χ4n) is 2.64. The van der Waals surface area contributed by atoms with Gasteiger partial charge >= 0.3 is 12.3 Å². The van der Waals surface area contributed by atoms with Crippen LogP contribution in [0.3, 0.4) is 0 Å². The molecular weight excluding hydrogens is 360 g/mol. The zero-order valence-corrected chi connectivity index (χ0v) is 13.2. The standard InChI is InChI=1S/C14H14BrF2N3O2/c15-10-4-5-11-9(8-10)2-1-3-12-18-19(14(21)20(11)12)6-7-22-13(16)17/h4-5,8,13H,1-3,6-7H2. The zero-order chi connectivity index (χ0) is 15.7. The van der Waals surface area contributed by atoms with Crippen molar-refractivity contribution in [2.75, 3.05) is 6.61 Å². The van der Waals surface area contributed by atoms with Gasteiger partial charge in [0.15, 0.2) is 0 Å². The van der Waals surface area contributed by atoms with E-state index in [1.807, 2.05) is 18.2 Å². The van der Waals surface area contributed by atoms with Crippen LogP contribution in [0, 0.1) is 0 Å². The van der Waals surface area contributed by atoms with Gasteiger partial charge in [0.2, 0.25) is 0 Å². The van der Waals surface area contributed by atoms with Crippen LogP contribution in [0.1, 0.15) is 17.8 Å². The highest BCUT2D eigenvalue weighted by Gasteiger charge is 2.20. The maximum atomic E-state index is 12.5. The lowest BCUT2D eigenvalue weighted by Crippen LogP contribution is -2.26. The predicted molar refractivity (Wildman–Crippen MR) is 79.5 cm³/mol. The second-order valence-electron chi connectivity index (χ2n) is 5.02. The van der Waals surface area contributed by atoms with Crippen molar-refractivity contribution in [2.24, 2.45) is 0 Å². The number of aryl methyl sites for hydroxylation is 2. The molecule has 1 aliphatic rings. The molecular formula is C14H14BrF2N3O2. The summed E-state index contributed by atoms with van der Waals surface area (Å²) in [5, 5.41) is 4.26. The van der Waals surface area contributed by atoms with Crippen LogP contribution in [0.4, 0.5) is 8.78 Å². The molecule has 0 N–H and O–H groups in total. The van der Waals surface area contributed by atoms with Gasteiger partial charge in [-0.1, -0.05) is 15.9 Å². The molecule has 0 unspecified atom stereocenters. The molecule has 8 heteroatoms. The van der Waals surface area contributed by atoms with Crippen LogP contribution in [0.2, 0.25) is 0 Å². The van der Waals surface area contributed by atoms with E-state index in [0.29, 0.717) is 12.2 Å². The van der Waals surface area contributed by atoms with Crippen molar-refractivity contribution in [3.05, 3.63) is 44.5 Å². The summed E-state index contributed by atoms with van der Waals surface area (Å²) in [6.45, 7) is -3.08. The smallest absolute Gasteiger partial charge is 0.321 e. The maximum absolute atomic E-state index is 12.5. The maximum Gasteiger partial charge on any atom is 0.350 e. The van der Waals surface area contributed by atoms with E-state index in [4.69, 9.17) is 0 Å². The van der Waals surface area contributed by atoms with Crippen LogP contribution in [0.15, 0.2) is 27.5 Å². The lowest BCUT2D eigenvalue weighted by atomic mass is 10.1. The topological polar surface area (TPSA) is 49.1 Å². The first kappa shape index (κ1) is 15.4. The molecule has 0 fully saturated rings. The first-order chi connectivity index (χ1) is 10.6. The summed E-state index contributed by atoms with van der Waals surface area (Å²) in [6, 6.07) is 5.74. The number of aromatic nitrogens is 3. The minimum absolute atomic E-state index is 0.00896.